The second-order valence-electron chi connectivity index (χ2n) is 4.35. The summed E-state index contributed by atoms with van der Waals surface area (Å²) < 4.78 is 0.744. The van der Waals surface area contributed by atoms with Gasteiger partial charge in [-0.15, -0.1) is 11.6 Å². The number of hydrogen-bond acceptors (Lipinski definition) is 3. The molecular formula is C14H9BrClN3O2. The topological polar surface area (TPSA) is 62.3 Å². The molecule has 7 heteroatoms. The van der Waals surface area contributed by atoms with E-state index in [1.807, 2.05) is 0 Å². The molecule has 0 spiro atoms. The molecule has 2 heterocycles. The largest absolute Gasteiger partial charge is 0.319 e. The van der Waals surface area contributed by atoms with Crippen LogP contribution in [0.15, 0.2) is 41.0 Å². The number of alkyl halides is 1. The molecule has 1 aromatic carbocycles. The third-order valence-electron chi connectivity index (χ3n) is 3.05. The number of hydrogen-bond donors (Lipinski definition) is 1. The van der Waals surface area contributed by atoms with Crippen LogP contribution in [0, 0.1) is 0 Å². The van der Waals surface area contributed by atoms with E-state index in [-0.39, 0.29) is 17.7 Å². The highest BCUT2D eigenvalue weighted by Gasteiger charge is 2.29. The fraction of sp³-hybridized carbons (Fsp3) is 0.0714. The van der Waals surface area contributed by atoms with Gasteiger partial charge in [-0.3, -0.25) is 14.5 Å². The summed E-state index contributed by atoms with van der Waals surface area (Å²) in [4.78, 5) is 30.2. The summed E-state index contributed by atoms with van der Waals surface area (Å²) in [6, 6.07) is 8.48. The number of halogens is 2. The van der Waals surface area contributed by atoms with Crippen LogP contribution in [0.1, 0.15) is 10.4 Å². The van der Waals surface area contributed by atoms with Crippen LogP contribution in [-0.2, 0) is 4.79 Å². The predicted octanol–water partition coefficient (Wildman–Crippen LogP) is 3.31. The third kappa shape index (κ3) is 2.41. The maximum absolute atomic E-state index is 12.3. The fourth-order valence-corrected chi connectivity index (χ4v) is 2.65. The lowest BCUT2D eigenvalue weighted by Gasteiger charge is -2.21. The number of nitrogens with zero attached hydrogens (tertiary/aromatic N) is 2. The Balaban J connectivity index is 2.30. The van der Waals surface area contributed by atoms with E-state index in [1.165, 1.54) is 4.90 Å². The van der Waals surface area contributed by atoms with Crippen molar-refractivity contribution < 1.29 is 9.59 Å². The van der Waals surface area contributed by atoms with Gasteiger partial charge < -0.3 is 5.32 Å². The lowest BCUT2D eigenvalue weighted by atomic mass is 10.1. The highest BCUT2D eigenvalue weighted by atomic mass is 79.9. The summed E-state index contributed by atoms with van der Waals surface area (Å²) in [5.74, 6) is -0.501. The lowest BCUT2D eigenvalue weighted by Crippen LogP contribution is -2.28. The van der Waals surface area contributed by atoms with Crippen molar-refractivity contribution in [2.45, 2.75) is 0 Å². The molecule has 0 saturated carbocycles. The van der Waals surface area contributed by atoms with Crippen molar-refractivity contribution in [3.63, 3.8) is 0 Å². The van der Waals surface area contributed by atoms with Crippen molar-refractivity contribution in [3.8, 4) is 0 Å². The standard InChI is InChI=1S/C14H9BrClN3O2/c15-8-3-4-11-9(6-8)14(21)18-10-2-1-5-17-13(10)19(11)12(20)7-16/h1-6H,7H2,(H,18,21). The molecule has 106 valence electrons. The minimum absolute atomic E-state index is 0.209. The summed E-state index contributed by atoms with van der Waals surface area (Å²) in [5, 5.41) is 2.76. The molecule has 2 aromatic rings. The highest BCUT2D eigenvalue weighted by molar-refractivity contribution is 9.10. The van der Waals surface area contributed by atoms with E-state index in [1.54, 1.807) is 36.5 Å². The zero-order chi connectivity index (χ0) is 15.0. The Labute approximate surface area is 134 Å². The SMILES string of the molecule is O=C1Nc2cccnc2N(C(=O)CCl)c2ccc(Br)cc21. The maximum Gasteiger partial charge on any atom is 0.257 e. The van der Waals surface area contributed by atoms with Crippen LogP contribution in [0.3, 0.4) is 0 Å². The number of carbonyl (C=O) groups is 2. The number of amides is 2. The first-order valence-electron chi connectivity index (χ1n) is 6.06. The Hall–Kier alpha value is -1.92. The number of benzene rings is 1. The van der Waals surface area contributed by atoms with E-state index in [0.717, 1.165) is 4.47 Å². The first-order valence-corrected chi connectivity index (χ1v) is 7.39. The van der Waals surface area contributed by atoms with Crippen molar-refractivity contribution in [2.24, 2.45) is 0 Å². The molecule has 3 rings (SSSR count). The Bertz CT molecular complexity index is 751. The van der Waals surface area contributed by atoms with Crippen LogP contribution in [0.5, 0.6) is 0 Å². The minimum Gasteiger partial charge on any atom is -0.319 e. The number of aromatic nitrogens is 1. The van der Waals surface area contributed by atoms with E-state index < -0.39 is 0 Å². The number of nitrogens with one attached hydrogen (secondary N) is 1. The number of pyridine rings is 1. The van der Waals surface area contributed by atoms with Crippen molar-refractivity contribution in [1.82, 2.24) is 4.98 Å². The molecule has 1 aliphatic heterocycles. The van der Waals surface area contributed by atoms with E-state index in [4.69, 9.17) is 11.6 Å². The Kier molecular flexibility index (Phi) is 3.65. The van der Waals surface area contributed by atoms with E-state index in [2.05, 4.69) is 26.2 Å². The summed E-state index contributed by atoms with van der Waals surface area (Å²) >= 11 is 9.03. The first kappa shape index (κ1) is 14.0. The van der Waals surface area contributed by atoms with Crippen molar-refractivity contribution >= 4 is 56.5 Å². The Morgan fingerprint density at radius 1 is 1.38 bits per heavy atom. The molecule has 1 aliphatic rings. The molecule has 0 aliphatic carbocycles. The van der Waals surface area contributed by atoms with Crippen molar-refractivity contribution in [2.75, 3.05) is 16.1 Å². The van der Waals surface area contributed by atoms with Gasteiger partial charge in [0.1, 0.15) is 5.88 Å². The quantitative estimate of drug-likeness (QED) is 0.788. The minimum atomic E-state index is -0.350. The Morgan fingerprint density at radius 3 is 2.95 bits per heavy atom. The van der Waals surface area contributed by atoms with Gasteiger partial charge in [-0.1, -0.05) is 15.9 Å². The van der Waals surface area contributed by atoms with Gasteiger partial charge in [0.05, 0.1) is 16.9 Å². The lowest BCUT2D eigenvalue weighted by molar-refractivity contribution is -0.115. The van der Waals surface area contributed by atoms with Crippen LogP contribution in [0.4, 0.5) is 17.2 Å². The van der Waals surface area contributed by atoms with E-state index >= 15 is 0 Å². The third-order valence-corrected chi connectivity index (χ3v) is 3.78. The second-order valence-corrected chi connectivity index (χ2v) is 5.54. The number of carbonyl (C=O) groups excluding carboxylic acids is 2. The zero-order valence-electron chi connectivity index (χ0n) is 10.6. The summed E-state index contributed by atoms with van der Waals surface area (Å²) in [5.41, 5.74) is 1.30. The predicted molar refractivity (Wildman–Crippen MR) is 84.2 cm³/mol. The van der Waals surface area contributed by atoms with Gasteiger partial charge in [0.25, 0.3) is 5.91 Å². The highest BCUT2D eigenvalue weighted by Crippen LogP contribution is 2.37. The van der Waals surface area contributed by atoms with Gasteiger partial charge >= 0.3 is 0 Å². The van der Waals surface area contributed by atoms with Gasteiger partial charge in [-0.25, -0.2) is 4.98 Å². The van der Waals surface area contributed by atoms with Gasteiger partial charge in [0.15, 0.2) is 5.82 Å². The smallest absolute Gasteiger partial charge is 0.257 e. The van der Waals surface area contributed by atoms with Crippen LogP contribution in [-0.4, -0.2) is 22.7 Å². The normalized spacial score (nSPS) is 13.0. The summed E-state index contributed by atoms with van der Waals surface area (Å²) in [6.45, 7) is 0. The number of fused-ring (bicyclic) bond motifs is 2. The fourth-order valence-electron chi connectivity index (χ4n) is 2.17. The molecule has 0 fully saturated rings. The Morgan fingerprint density at radius 2 is 2.19 bits per heavy atom. The molecule has 0 radical (unpaired) electrons. The summed E-state index contributed by atoms with van der Waals surface area (Å²) in [6.07, 6.45) is 1.56. The maximum atomic E-state index is 12.3. The number of anilines is 3. The molecule has 0 saturated heterocycles. The van der Waals surface area contributed by atoms with Crippen molar-refractivity contribution in [1.29, 1.82) is 0 Å². The van der Waals surface area contributed by atoms with Crippen LogP contribution in [0.25, 0.3) is 0 Å². The van der Waals surface area contributed by atoms with Gasteiger partial charge in [0.2, 0.25) is 5.91 Å². The van der Waals surface area contributed by atoms with Crippen LogP contribution in [0.2, 0.25) is 0 Å². The first-order chi connectivity index (χ1) is 10.1. The van der Waals surface area contributed by atoms with Crippen LogP contribution >= 0.6 is 27.5 Å². The van der Waals surface area contributed by atoms with Gasteiger partial charge in [-0.05, 0) is 30.3 Å². The molecule has 0 atom stereocenters. The molecular weight excluding hydrogens is 358 g/mol. The second kappa shape index (κ2) is 5.46. The zero-order valence-corrected chi connectivity index (χ0v) is 13.0. The molecule has 2 amide bonds. The van der Waals surface area contributed by atoms with Crippen LogP contribution < -0.4 is 10.2 Å². The molecule has 0 unspecified atom stereocenters. The average molecular weight is 367 g/mol. The van der Waals surface area contributed by atoms with Gasteiger partial charge in [-0.2, -0.15) is 0 Å². The molecule has 0 bridgehead atoms. The average Bonchev–Trinajstić information content (AvgIpc) is 2.61. The molecule has 5 nitrogen and oxygen atoms in total. The number of rotatable bonds is 1. The van der Waals surface area contributed by atoms with Crippen molar-refractivity contribution in [3.05, 3.63) is 46.6 Å². The van der Waals surface area contributed by atoms with Gasteiger partial charge in [0, 0.05) is 10.7 Å². The molecule has 1 aromatic heterocycles. The summed E-state index contributed by atoms with van der Waals surface area (Å²) in [7, 11) is 0. The van der Waals surface area contributed by atoms with E-state index in [9.17, 15) is 9.59 Å². The molecule has 1 N–H and O–H groups in total. The molecule has 21 heavy (non-hydrogen) atoms. The monoisotopic (exact) mass is 365 g/mol. The van der Waals surface area contributed by atoms with E-state index in [0.29, 0.717) is 22.8 Å².